The Hall–Kier alpha value is -2.82. The number of para-hydroxylation sites is 1. The van der Waals surface area contributed by atoms with Gasteiger partial charge in [0, 0.05) is 37.4 Å². The molecule has 2 aromatic rings. The number of amides is 2. The number of piperazine rings is 1. The summed E-state index contributed by atoms with van der Waals surface area (Å²) in [7, 11) is 0. The highest BCUT2D eigenvalue weighted by Gasteiger charge is 2.26. The van der Waals surface area contributed by atoms with E-state index < -0.39 is 6.04 Å². The molecule has 1 heterocycles. The number of carbonyl (C=O) groups is 2. The lowest BCUT2D eigenvalue weighted by molar-refractivity contribution is -0.133. The molecular weight excluding hydrogens is 362 g/mol. The van der Waals surface area contributed by atoms with Crippen molar-refractivity contribution >= 4 is 17.5 Å². The predicted molar refractivity (Wildman–Crippen MR) is 117 cm³/mol. The fourth-order valence-corrected chi connectivity index (χ4v) is 3.56. The third kappa shape index (κ3) is 5.17. The van der Waals surface area contributed by atoms with E-state index in [-0.39, 0.29) is 17.2 Å². The van der Waals surface area contributed by atoms with Crippen LogP contribution in [-0.2, 0) is 10.2 Å². The van der Waals surface area contributed by atoms with Gasteiger partial charge >= 0.3 is 0 Å². The molecule has 3 rings (SSSR count). The van der Waals surface area contributed by atoms with Gasteiger partial charge in [0.15, 0.2) is 0 Å². The third-order valence-corrected chi connectivity index (χ3v) is 5.44. The van der Waals surface area contributed by atoms with Crippen LogP contribution in [0.5, 0.6) is 0 Å². The first-order valence-corrected chi connectivity index (χ1v) is 10.3. The summed E-state index contributed by atoms with van der Waals surface area (Å²) in [4.78, 5) is 29.5. The SMILES string of the molecule is C[C@H](NC(=O)c1ccc(C(C)(C)C)cc1)C(=O)N1CCN(c2ccccc2)CC1. The summed E-state index contributed by atoms with van der Waals surface area (Å²) in [6.07, 6.45) is 0. The van der Waals surface area contributed by atoms with Gasteiger partial charge in [0.1, 0.15) is 6.04 Å². The zero-order valence-electron chi connectivity index (χ0n) is 17.8. The second-order valence-electron chi connectivity index (χ2n) is 8.67. The van der Waals surface area contributed by atoms with Crippen molar-refractivity contribution in [1.29, 1.82) is 0 Å². The lowest BCUT2D eigenvalue weighted by Gasteiger charge is -2.37. The fraction of sp³-hybridized carbons (Fsp3) is 0.417. The molecule has 1 aliphatic heterocycles. The first-order chi connectivity index (χ1) is 13.8. The standard InChI is InChI=1S/C24H31N3O2/c1-18(25-22(28)19-10-12-20(13-11-19)24(2,3)4)23(29)27-16-14-26(15-17-27)21-8-6-5-7-9-21/h5-13,18H,14-17H2,1-4H3,(H,25,28)/t18-/m0/s1. The molecule has 154 valence electrons. The second kappa shape index (κ2) is 8.68. The van der Waals surface area contributed by atoms with E-state index in [0.717, 1.165) is 13.1 Å². The van der Waals surface area contributed by atoms with Gasteiger partial charge in [-0.2, -0.15) is 0 Å². The summed E-state index contributed by atoms with van der Waals surface area (Å²) < 4.78 is 0. The Labute approximate surface area is 173 Å². The van der Waals surface area contributed by atoms with Crippen LogP contribution in [0.25, 0.3) is 0 Å². The minimum Gasteiger partial charge on any atom is -0.368 e. The molecule has 2 aromatic carbocycles. The van der Waals surface area contributed by atoms with Gasteiger partial charge < -0.3 is 15.1 Å². The van der Waals surface area contributed by atoms with Crippen LogP contribution in [0, 0.1) is 0 Å². The summed E-state index contributed by atoms with van der Waals surface area (Å²) >= 11 is 0. The topological polar surface area (TPSA) is 52.7 Å². The van der Waals surface area contributed by atoms with Crippen LogP contribution >= 0.6 is 0 Å². The zero-order chi connectivity index (χ0) is 21.0. The number of carbonyl (C=O) groups excluding carboxylic acids is 2. The summed E-state index contributed by atoms with van der Waals surface area (Å²) in [5.74, 6) is -0.244. The molecule has 0 unspecified atom stereocenters. The van der Waals surface area contributed by atoms with Gasteiger partial charge in [0.25, 0.3) is 5.91 Å². The van der Waals surface area contributed by atoms with Gasteiger partial charge in [-0.15, -0.1) is 0 Å². The largest absolute Gasteiger partial charge is 0.368 e. The fourth-order valence-electron chi connectivity index (χ4n) is 3.56. The van der Waals surface area contributed by atoms with Crippen LogP contribution in [0.3, 0.4) is 0 Å². The molecule has 2 amide bonds. The number of anilines is 1. The van der Waals surface area contributed by atoms with Gasteiger partial charge in [0.2, 0.25) is 5.91 Å². The molecular formula is C24H31N3O2. The number of rotatable bonds is 4. The summed E-state index contributed by atoms with van der Waals surface area (Å²) in [5.41, 5.74) is 2.97. The van der Waals surface area contributed by atoms with Crippen molar-refractivity contribution in [1.82, 2.24) is 10.2 Å². The van der Waals surface area contributed by atoms with E-state index in [9.17, 15) is 9.59 Å². The maximum absolute atomic E-state index is 12.8. The highest BCUT2D eigenvalue weighted by Crippen LogP contribution is 2.22. The molecule has 0 aromatic heterocycles. The van der Waals surface area contributed by atoms with E-state index in [1.165, 1.54) is 11.3 Å². The minimum atomic E-state index is -0.548. The zero-order valence-corrected chi connectivity index (χ0v) is 17.8. The molecule has 0 aliphatic carbocycles. The first-order valence-electron chi connectivity index (χ1n) is 10.3. The summed E-state index contributed by atoms with van der Waals surface area (Å²) in [6, 6.07) is 17.3. The van der Waals surface area contributed by atoms with E-state index in [1.807, 2.05) is 47.4 Å². The molecule has 0 radical (unpaired) electrons. The van der Waals surface area contributed by atoms with E-state index in [2.05, 4.69) is 43.1 Å². The van der Waals surface area contributed by atoms with E-state index in [1.54, 1.807) is 6.92 Å². The molecule has 0 spiro atoms. The van der Waals surface area contributed by atoms with Crippen molar-refractivity contribution < 1.29 is 9.59 Å². The summed E-state index contributed by atoms with van der Waals surface area (Å²) in [5, 5.41) is 2.85. The second-order valence-corrected chi connectivity index (χ2v) is 8.67. The molecule has 29 heavy (non-hydrogen) atoms. The lowest BCUT2D eigenvalue weighted by atomic mass is 9.86. The monoisotopic (exact) mass is 393 g/mol. The quantitative estimate of drug-likeness (QED) is 0.866. The van der Waals surface area contributed by atoms with Gasteiger partial charge in [0.05, 0.1) is 0 Å². The number of benzene rings is 2. The van der Waals surface area contributed by atoms with E-state index in [0.29, 0.717) is 18.7 Å². The molecule has 5 heteroatoms. The molecule has 0 bridgehead atoms. The first kappa shape index (κ1) is 20.9. The number of hydrogen-bond acceptors (Lipinski definition) is 3. The van der Waals surface area contributed by atoms with E-state index >= 15 is 0 Å². The van der Waals surface area contributed by atoms with Crippen molar-refractivity contribution in [2.45, 2.75) is 39.2 Å². The smallest absolute Gasteiger partial charge is 0.251 e. The molecule has 1 N–H and O–H groups in total. The Balaban J connectivity index is 1.53. The molecule has 1 fully saturated rings. The molecule has 5 nitrogen and oxygen atoms in total. The number of hydrogen-bond donors (Lipinski definition) is 1. The Morgan fingerprint density at radius 3 is 2.03 bits per heavy atom. The Morgan fingerprint density at radius 2 is 1.48 bits per heavy atom. The van der Waals surface area contributed by atoms with Gasteiger partial charge in [-0.3, -0.25) is 9.59 Å². The minimum absolute atomic E-state index is 0.0302. The van der Waals surface area contributed by atoms with Gasteiger partial charge in [-0.25, -0.2) is 0 Å². The van der Waals surface area contributed by atoms with Crippen LogP contribution in [0.4, 0.5) is 5.69 Å². The van der Waals surface area contributed by atoms with Gasteiger partial charge in [-0.1, -0.05) is 51.1 Å². The van der Waals surface area contributed by atoms with Crippen LogP contribution in [0.2, 0.25) is 0 Å². The maximum atomic E-state index is 12.8. The van der Waals surface area contributed by atoms with Crippen molar-refractivity contribution in [3.63, 3.8) is 0 Å². The predicted octanol–water partition coefficient (Wildman–Crippen LogP) is 3.45. The van der Waals surface area contributed by atoms with Crippen molar-refractivity contribution in [2.24, 2.45) is 0 Å². The molecule has 0 saturated carbocycles. The lowest BCUT2D eigenvalue weighted by Crippen LogP contribution is -2.54. The van der Waals surface area contributed by atoms with Crippen molar-refractivity contribution in [3.05, 3.63) is 65.7 Å². The Bertz CT molecular complexity index is 833. The number of nitrogens with zero attached hydrogens (tertiary/aromatic N) is 2. The Kier molecular flexibility index (Phi) is 6.26. The highest BCUT2D eigenvalue weighted by atomic mass is 16.2. The van der Waals surface area contributed by atoms with Gasteiger partial charge in [-0.05, 0) is 42.2 Å². The summed E-state index contributed by atoms with van der Waals surface area (Å²) in [6.45, 7) is 11.1. The number of nitrogens with one attached hydrogen (secondary N) is 1. The third-order valence-electron chi connectivity index (χ3n) is 5.44. The maximum Gasteiger partial charge on any atom is 0.251 e. The molecule has 1 atom stereocenters. The Morgan fingerprint density at radius 1 is 0.897 bits per heavy atom. The normalized spacial score (nSPS) is 15.7. The van der Waals surface area contributed by atoms with Crippen LogP contribution in [-0.4, -0.2) is 48.9 Å². The van der Waals surface area contributed by atoms with Crippen LogP contribution in [0.15, 0.2) is 54.6 Å². The van der Waals surface area contributed by atoms with Crippen molar-refractivity contribution in [3.8, 4) is 0 Å². The van der Waals surface area contributed by atoms with Crippen LogP contribution < -0.4 is 10.2 Å². The molecule has 1 aliphatic rings. The van der Waals surface area contributed by atoms with Crippen molar-refractivity contribution in [2.75, 3.05) is 31.1 Å². The average Bonchev–Trinajstić information content (AvgIpc) is 2.73. The highest BCUT2D eigenvalue weighted by molar-refractivity contribution is 5.97. The van der Waals surface area contributed by atoms with E-state index in [4.69, 9.17) is 0 Å². The molecule has 1 saturated heterocycles. The van der Waals surface area contributed by atoms with Crippen LogP contribution in [0.1, 0.15) is 43.6 Å². The average molecular weight is 394 g/mol.